The Morgan fingerprint density at radius 3 is 1.97 bits per heavy atom. The lowest BCUT2D eigenvalue weighted by molar-refractivity contribution is -0.174. The number of esters is 2. The van der Waals surface area contributed by atoms with E-state index in [4.69, 9.17) is 9.47 Å². The van der Waals surface area contributed by atoms with E-state index >= 15 is 0 Å². The first-order chi connectivity index (χ1) is 14.6. The second-order valence-electron chi connectivity index (χ2n) is 7.48. The fraction of sp³-hybridized carbons (Fsp3) is 0.385. The van der Waals surface area contributed by atoms with Crippen molar-refractivity contribution in [3.63, 3.8) is 0 Å². The van der Waals surface area contributed by atoms with Crippen LogP contribution in [0.25, 0.3) is 0 Å². The maximum atomic E-state index is 13.4. The van der Waals surface area contributed by atoms with Crippen molar-refractivity contribution in [1.82, 2.24) is 0 Å². The van der Waals surface area contributed by atoms with Gasteiger partial charge >= 0.3 is 11.9 Å². The van der Waals surface area contributed by atoms with E-state index in [1.54, 1.807) is 13.8 Å². The van der Waals surface area contributed by atoms with Crippen LogP contribution in [0.15, 0.2) is 60.7 Å². The molecule has 3 rings (SSSR count). The first kappa shape index (κ1) is 21.6. The van der Waals surface area contributed by atoms with Crippen LogP contribution >= 0.6 is 0 Å². The molecule has 2 aromatic carbocycles. The van der Waals surface area contributed by atoms with Gasteiger partial charge in [-0.3, -0.25) is 9.59 Å². The molecule has 0 heterocycles. The van der Waals surface area contributed by atoms with Crippen LogP contribution in [-0.2, 0) is 19.1 Å². The standard InChI is InChI=1S/C26H28O4/c1-3-29-24(27)26(25(28)30-4-2,19-11-14-20-12-7-5-8-13-20)23(22-17-18-22)21-15-9-6-10-16-21/h5-10,12-13,15-16,22-23H,3-4,17-19H2,1-2H3. The van der Waals surface area contributed by atoms with Gasteiger partial charge in [0.1, 0.15) is 0 Å². The Labute approximate surface area is 178 Å². The third kappa shape index (κ3) is 4.74. The number of rotatable bonds is 8. The summed E-state index contributed by atoms with van der Waals surface area (Å²) in [6, 6.07) is 19.3. The topological polar surface area (TPSA) is 52.6 Å². The Bertz CT molecular complexity index is 886. The molecule has 1 atom stereocenters. The smallest absolute Gasteiger partial charge is 0.325 e. The third-order valence-electron chi connectivity index (χ3n) is 5.44. The highest BCUT2D eigenvalue weighted by atomic mass is 16.6. The van der Waals surface area contributed by atoms with Crippen LogP contribution in [-0.4, -0.2) is 25.2 Å². The molecule has 0 bridgehead atoms. The normalized spacial score (nSPS) is 14.2. The summed E-state index contributed by atoms with van der Waals surface area (Å²) in [6.07, 6.45) is 1.98. The number of benzene rings is 2. The highest BCUT2D eigenvalue weighted by molar-refractivity contribution is 6.02. The van der Waals surface area contributed by atoms with E-state index in [0.29, 0.717) is 0 Å². The van der Waals surface area contributed by atoms with Crippen molar-refractivity contribution in [2.75, 3.05) is 13.2 Å². The van der Waals surface area contributed by atoms with E-state index in [1.807, 2.05) is 60.7 Å². The molecule has 1 aliphatic rings. The quantitative estimate of drug-likeness (QED) is 0.362. The maximum Gasteiger partial charge on any atom is 0.325 e. The number of hydrogen-bond acceptors (Lipinski definition) is 4. The molecule has 2 aromatic rings. The second kappa shape index (κ2) is 10.1. The summed E-state index contributed by atoms with van der Waals surface area (Å²) in [4.78, 5) is 26.8. The average Bonchev–Trinajstić information content (AvgIpc) is 3.59. The molecule has 0 spiro atoms. The first-order valence-electron chi connectivity index (χ1n) is 10.6. The Kier molecular flexibility index (Phi) is 7.30. The van der Waals surface area contributed by atoms with Crippen molar-refractivity contribution < 1.29 is 19.1 Å². The second-order valence-corrected chi connectivity index (χ2v) is 7.48. The van der Waals surface area contributed by atoms with Crippen LogP contribution in [0.1, 0.15) is 50.2 Å². The van der Waals surface area contributed by atoms with Gasteiger partial charge in [0.15, 0.2) is 5.41 Å². The van der Waals surface area contributed by atoms with Gasteiger partial charge in [0.05, 0.1) is 13.2 Å². The predicted octanol–water partition coefficient (Wildman–Crippen LogP) is 4.73. The molecule has 0 radical (unpaired) electrons. The molecule has 30 heavy (non-hydrogen) atoms. The van der Waals surface area contributed by atoms with E-state index in [0.717, 1.165) is 24.0 Å². The molecule has 0 aromatic heterocycles. The number of hydrogen-bond donors (Lipinski definition) is 0. The highest BCUT2D eigenvalue weighted by Crippen LogP contribution is 2.54. The minimum absolute atomic E-state index is 0.0512. The average molecular weight is 405 g/mol. The largest absolute Gasteiger partial charge is 0.465 e. The van der Waals surface area contributed by atoms with Crippen molar-refractivity contribution in [1.29, 1.82) is 0 Å². The van der Waals surface area contributed by atoms with E-state index in [2.05, 4.69) is 11.8 Å². The summed E-state index contributed by atoms with van der Waals surface area (Å²) >= 11 is 0. The van der Waals surface area contributed by atoms with Gasteiger partial charge in [-0.25, -0.2) is 0 Å². The van der Waals surface area contributed by atoms with Gasteiger partial charge < -0.3 is 9.47 Å². The van der Waals surface area contributed by atoms with Crippen molar-refractivity contribution in [3.8, 4) is 11.8 Å². The summed E-state index contributed by atoms with van der Waals surface area (Å²) in [7, 11) is 0. The predicted molar refractivity (Wildman–Crippen MR) is 116 cm³/mol. The third-order valence-corrected chi connectivity index (χ3v) is 5.44. The minimum Gasteiger partial charge on any atom is -0.465 e. The van der Waals surface area contributed by atoms with Gasteiger partial charge in [0.25, 0.3) is 0 Å². The van der Waals surface area contributed by atoms with E-state index < -0.39 is 17.4 Å². The number of ether oxygens (including phenoxy) is 2. The van der Waals surface area contributed by atoms with Gasteiger partial charge in [-0.15, -0.1) is 0 Å². The first-order valence-corrected chi connectivity index (χ1v) is 10.6. The molecular formula is C26H28O4. The molecule has 0 amide bonds. The monoisotopic (exact) mass is 404 g/mol. The van der Waals surface area contributed by atoms with Crippen LogP contribution in [0.4, 0.5) is 0 Å². The van der Waals surface area contributed by atoms with E-state index in [1.165, 1.54) is 0 Å². The van der Waals surface area contributed by atoms with E-state index in [9.17, 15) is 9.59 Å². The molecule has 1 aliphatic carbocycles. The summed E-state index contributed by atoms with van der Waals surface area (Å²) in [5, 5.41) is 0. The zero-order valence-corrected chi connectivity index (χ0v) is 17.6. The lowest BCUT2D eigenvalue weighted by Gasteiger charge is -2.35. The highest BCUT2D eigenvalue weighted by Gasteiger charge is 2.59. The lowest BCUT2D eigenvalue weighted by atomic mass is 9.67. The minimum atomic E-state index is -1.49. The molecule has 0 saturated heterocycles. The van der Waals surface area contributed by atoms with Gasteiger partial charge in [-0.2, -0.15) is 0 Å². The Balaban J connectivity index is 2.10. The van der Waals surface area contributed by atoms with Gasteiger partial charge in [0.2, 0.25) is 0 Å². The fourth-order valence-electron chi connectivity index (χ4n) is 3.97. The van der Waals surface area contributed by atoms with Crippen molar-refractivity contribution in [2.24, 2.45) is 11.3 Å². The fourth-order valence-corrected chi connectivity index (χ4v) is 3.97. The van der Waals surface area contributed by atoms with Gasteiger partial charge in [-0.05, 0) is 50.3 Å². The van der Waals surface area contributed by atoms with Crippen molar-refractivity contribution >= 4 is 11.9 Å². The van der Waals surface area contributed by atoms with Gasteiger partial charge in [0, 0.05) is 17.9 Å². The molecule has 1 fully saturated rings. The maximum absolute atomic E-state index is 13.4. The van der Waals surface area contributed by atoms with E-state index in [-0.39, 0.29) is 31.5 Å². The molecular weight excluding hydrogens is 376 g/mol. The van der Waals surface area contributed by atoms with Gasteiger partial charge in [-0.1, -0.05) is 60.4 Å². The van der Waals surface area contributed by atoms with Crippen LogP contribution in [0, 0.1) is 23.2 Å². The molecule has 0 N–H and O–H groups in total. The molecule has 1 unspecified atom stereocenters. The molecule has 0 aliphatic heterocycles. The summed E-state index contributed by atoms with van der Waals surface area (Å²) in [5.74, 6) is 4.99. The van der Waals surface area contributed by atoms with Crippen molar-refractivity contribution in [2.45, 2.75) is 39.0 Å². The zero-order chi connectivity index (χ0) is 21.4. The van der Waals surface area contributed by atoms with Crippen molar-refractivity contribution in [3.05, 3.63) is 71.8 Å². The molecule has 156 valence electrons. The molecule has 4 heteroatoms. The Hall–Kier alpha value is -3.06. The number of carbonyl (C=O) groups is 2. The summed E-state index contributed by atoms with van der Waals surface area (Å²) in [6.45, 7) is 3.88. The number of carbonyl (C=O) groups excluding carboxylic acids is 2. The zero-order valence-electron chi connectivity index (χ0n) is 17.6. The lowest BCUT2D eigenvalue weighted by Crippen LogP contribution is -2.47. The molecule has 1 saturated carbocycles. The summed E-state index contributed by atoms with van der Waals surface area (Å²) in [5.41, 5.74) is 0.292. The molecule has 4 nitrogen and oxygen atoms in total. The van der Waals surface area contributed by atoms with Crippen LogP contribution in [0.5, 0.6) is 0 Å². The summed E-state index contributed by atoms with van der Waals surface area (Å²) < 4.78 is 10.9. The SMILES string of the molecule is CCOC(=O)C(CC#Cc1ccccc1)(C(=O)OCC)C(c1ccccc1)C1CC1. The van der Waals surface area contributed by atoms with Crippen LogP contribution in [0.3, 0.4) is 0 Å². The van der Waals surface area contributed by atoms with Crippen LogP contribution < -0.4 is 0 Å². The Morgan fingerprint density at radius 2 is 1.47 bits per heavy atom. The Morgan fingerprint density at radius 1 is 0.933 bits per heavy atom. The van der Waals surface area contributed by atoms with Crippen LogP contribution in [0.2, 0.25) is 0 Å².